The summed E-state index contributed by atoms with van der Waals surface area (Å²) < 4.78 is 6.89. The quantitative estimate of drug-likeness (QED) is 0.618. The Labute approximate surface area is 169 Å². The molecule has 1 aromatic carbocycles. The van der Waals surface area contributed by atoms with E-state index >= 15 is 0 Å². The van der Waals surface area contributed by atoms with E-state index in [9.17, 15) is 4.79 Å². The molecule has 0 fully saturated rings. The van der Waals surface area contributed by atoms with Gasteiger partial charge >= 0.3 is 0 Å². The average molecular weight is 395 g/mol. The van der Waals surface area contributed by atoms with Crippen molar-refractivity contribution >= 4 is 5.91 Å². The maximum atomic E-state index is 12.0. The molecule has 1 amide bonds. The van der Waals surface area contributed by atoms with Crippen LogP contribution in [0.25, 0.3) is 0 Å². The third-order valence-electron chi connectivity index (χ3n) is 5.09. The monoisotopic (exact) mass is 395 g/mol. The Hall–Kier alpha value is -3.07. The average Bonchev–Trinajstić information content (AvgIpc) is 3.35. The van der Waals surface area contributed by atoms with Gasteiger partial charge in [0.2, 0.25) is 5.91 Å². The van der Waals surface area contributed by atoms with Crippen molar-refractivity contribution in [2.75, 3.05) is 6.54 Å². The van der Waals surface area contributed by atoms with Gasteiger partial charge in [-0.25, -0.2) is 4.68 Å². The van der Waals surface area contributed by atoms with Crippen molar-refractivity contribution in [3.8, 4) is 0 Å². The first-order valence-corrected chi connectivity index (χ1v) is 9.90. The number of rotatable bonds is 8. The number of nitrogens with one attached hydrogen (secondary N) is 1. The molecule has 29 heavy (non-hydrogen) atoms. The van der Waals surface area contributed by atoms with Crippen LogP contribution in [0.1, 0.15) is 41.2 Å². The number of hydrogen-bond donors (Lipinski definition) is 1. The summed E-state index contributed by atoms with van der Waals surface area (Å²) in [6, 6.07) is 10.4. The molecule has 0 saturated carbocycles. The fraction of sp³-hybridized carbons (Fsp3) is 0.450. The van der Waals surface area contributed by atoms with Crippen LogP contribution in [0.5, 0.6) is 0 Å². The number of carbonyl (C=O) groups is 1. The van der Waals surface area contributed by atoms with Crippen LogP contribution in [0, 0.1) is 6.92 Å². The molecule has 3 heterocycles. The second-order valence-corrected chi connectivity index (χ2v) is 7.36. The first-order valence-electron chi connectivity index (χ1n) is 9.90. The van der Waals surface area contributed by atoms with E-state index in [1.54, 1.807) is 4.68 Å². The number of hydrogen-bond acceptors (Lipinski definition) is 7. The molecule has 1 aliphatic heterocycles. The van der Waals surface area contributed by atoms with Crippen LogP contribution in [0.3, 0.4) is 0 Å². The van der Waals surface area contributed by atoms with Gasteiger partial charge in [-0.2, -0.15) is 0 Å². The predicted molar refractivity (Wildman–Crippen MR) is 104 cm³/mol. The minimum Gasteiger partial charge on any atom is -0.359 e. The Morgan fingerprint density at radius 2 is 2.14 bits per heavy atom. The zero-order chi connectivity index (χ0) is 20.1. The van der Waals surface area contributed by atoms with Gasteiger partial charge in [0.15, 0.2) is 11.6 Å². The Bertz CT molecular complexity index is 965. The molecule has 3 aromatic rings. The topological polar surface area (TPSA) is 102 Å². The lowest BCUT2D eigenvalue weighted by Gasteiger charge is -2.28. The lowest BCUT2D eigenvalue weighted by atomic mass is 10.00. The van der Waals surface area contributed by atoms with Crippen molar-refractivity contribution in [3.05, 3.63) is 58.7 Å². The molecule has 9 nitrogen and oxygen atoms in total. The zero-order valence-electron chi connectivity index (χ0n) is 16.5. The summed E-state index contributed by atoms with van der Waals surface area (Å²) in [6.07, 6.45) is 2.12. The summed E-state index contributed by atoms with van der Waals surface area (Å²) in [5, 5.41) is 18.7. The number of aryl methyl sites for hydroxylation is 2. The van der Waals surface area contributed by atoms with Gasteiger partial charge in [0.1, 0.15) is 0 Å². The molecule has 0 bridgehead atoms. The van der Waals surface area contributed by atoms with Gasteiger partial charge in [0.25, 0.3) is 0 Å². The smallest absolute Gasteiger partial charge is 0.220 e. The summed E-state index contributed by atoms with van der Waals surface area (Å²) in [6.45, 7) is 5.42. The van der Waals surface area contributed by atoms with E-state index in [0.29, 0.717) is 38.2 Å². The molecule has 1 aliphatic rings. The van der Waals surface area contributed by atoms with E-state index < -0.39 is 0 Å². The molecule has 9 heteroatoms. The van der Waals surface area contributed by atoms with Crippen molar-refractivity contribution in [1.82, 2.24) is 35.6 Å². The highest BCUT2D eigenvalue weighted by Gasteiger charge is 2.18. The van der Waals surface area contributed by atoms with Crippen LogP contribution in [0.2, 0.25) is 0 Å². The van der Waals surface area contributed by atoms with E-state index in [1.165, 1.54) is 11.1 Å². The van der Waals surface area contributed by atoms with Gasteiger partial charge in [-0.1, -0.05) is 29.4 Å². The normalized spacial score (nSPS) is 14.0. The first kappa shape index (κ1) is 19.3. The van der Waals surface area contributed by atoms with Crippen LogP contribution in [-0.4, -0.2) is 42.7 Å². The first-order chi connectivity index (χ1) is 14.2. The molecular formula is C20H25N7O2. The maximum absolute atomic E-state index is 12.0. The van der Waals surface area contributed by atoms with Crippen molar-refractivity contribution in [3.63, 3.8) is 0 Å². The third-order valence-corrected chi connectivity index (χ3v) is 5.09. The van der Waals surface area contributed by atoms with E-state index in [1.807, 2.05) is 13.0 Å². The number of benzene rings is 1. The summed E-state index contributed by atoms with van der Waals surface area (Å²) in [5.41, 5.74) is 3.60. The molecule has 0 radical (unpaired) electrons. The van der Waals surface area contributed by atoms with Crippen LogP contribution in [-0.2, 0) is 37.4 Å². The molecule has 2 aromatic heterocycles. The van der Waals surface area contributed by atoms with E-state index in [4.69, 9.17) is 4.52 Å². The highest BCUT2D eigenvalue weighted by Crippen LogP contribution is 2.19. The maximum Gasteiger partial charge on any atom is 0.220 e. The number of amides is 1. The highest BCUT2D eigenvalue weighted by molar-refractivity contribution is 5.75. The fourth-order valence-corrected chi connectivity index (χ4v) is 3.56. The zero-order valence-corrected chi connectivity index (χ0v) is 16.5. The number of tetrazole rings is 1. The molecule has 0 atom stereocenters. The SMILES string of the molecule is Cc1cc(CNC(=O)CCCn2nnnc2CN2CCc3ccccc3C2)on1. The third kappa shape index (κ3) is 5.05. The molecule has 4 rings (SSSR count). The number of carbonyl (C=O) groups excluding carboxylic acids is 1. The summed E-state index contributed by atoms with van der Waals surface area (Å²) in [7, 11) is 0. The lowest BCUT2D eigenvalue weighted by molar-refractivity contribution is -0.121. The van der Waals surface area contributed by atoms with E-state index in [0.717, 1.165) is 31.0 Å². The van der Waals surface area contributed by atoms with Crippen LogP contribution >= 0.6 is 0 Å². The Balaban J connectivity index is 1.23. The molecule has 1 N–H and O–H groups in total. The van der Waals surface area contributed by atoms with Gasteiger partial charge in [0, 0.05) is 32.1 Å². The van der Waals surface area contributed by atoms with E-state index in [2.05, 4.69) is 55.2 Å². The van der Waals surface area contributed by atoms with Crippen molar-refractivity contribution < 1.29 is 9.32 Å². The largest absolute Gasteiger partial charge is 0.359 e. The van der Waals surface area contributed by atoms with Crippen LogP contribution in [0.15, 0.2) is 34.9 Å². The van der Waals surface area contributed by atoms with Gasteiger partial charge in [-0.05, 0) is 41.3 Å². The second kappa shape index (κ2) is 8.95. The number of fused-ring (bicyclic) bond motifs is 1. The fourth-order valence-electron chi connectivity index (χ4n) is 3.56. The van der Waals surface area contributed by atoms with Gasteiger partial charge in [0.05, 0.1) is 18.8 Å². The Morgan fingerprint density at radius 3 is 2.97 bits per heavy atom. The molecule has 152 valence electrons. The highest BCUT2D eigenvalue weighted by atomic mass is 16.5. The Kier molecular flexibility index (Phi) is 5.95. The summed E-state index contributed by atoms with van der Waals surface area (Å²) in [5.74, 6) is 1.46. The molecular weight excluding hydrogens is 370 g/mol. The lowest BCUT2D eigenvalue weighted by Crippen LogP contribution is -2.31. The number of nitrogens with zero attached hydrogens (tertiary/aromatic N) is 6. The molecule has 0 unspecified atom stereocenters. The standard InChI is InChI=1S/C20H25N7O2/c1-15-11-18(29-23-15)12-21-20(28)7-4-9-27-19(22-24-25-27)14-26-10-8-16-5-2-3-6-17(16)13-26/h2-3,5-6,11H,4,7-10,12-14H2,1H3,(H,21,28). The molecule has 0 spiro atoms. The summed E-state index contributed by atoms with van der Waals surface area (Å²) >= 11 is 0. The van der Waals surface area contributed by atoms with Crippen LogP contribution < -0.4 is 5.32 Å². The van der Waals surface area contributed by atoms with Gasteiger partial charge in [-0.3, -0.25) is 9.69 Å². The minimum absolute atomic E-state index is 0.0266. The second-order valence-electron chi connectivity index (χ2n) is 7.36. The van der Waals surface area contributed by atoms with E-state index in [-0.39, 0.29) is 5.91 Å². The van der Waals surface area contributed by atoms with Crippen molar-refractivity contribution in [1.29, 1.82) is 0 Å². The minimum atomic E-state index is -0.0266. The van der Waals surface area contributed by atoms with Gasteiger partial charge < -0.3 is 9.84 Å². The van der Waals surface area contributed by atoms with Gasteiger partial charge in [-0.15, -0.1) is 5.10 Å². The molecule has 0 saturated heterocycles. The predicted octanol–water partition coefficient (Wildman–Crippen LogP) is 1.62. The van der Waals surface area contributed by atoms with Crippen molar-refractivity contribution in [2.24, 2.45) is 0 Å². The summed E-state index contributed by atoms with van der Waals surface area (Å²) in [4.78, 5) is 14.4. The molecule has 0 aliphatic carbocycles. The van der Waals surface area contributed by atoms with Crippen molar-refractivity contribution in [2.45, 2.75) is 52.4 Å². The number of aromatic nitrogens is 5. The van der Waals surface area contributed by atoms with Crippen LogP contribution in [0.4, 0.5) is 0 Å². The Morgan fingerprint density at radius 1 is 1.28 bits per heavy atom.